The summed E-state index contributed by atoms with van der Waals surface area (Å²) in [5.41, 5.74) is 0.345. The zero-order valence-electron chi connectivity index (χ0n) is 11.3. The molecule has 0 radical (unpaired) electrons. The molecule has 1 atom stereocenters. The van der Waals surface area contributed by atoms with E-state index < -0.39 is 0 Å². The number of carbonyl (C=O) groups excluding carboxylic acids is 1. The van der Waals surface area contributed by atoms with E-state index in [0.29, 0.717) is 24.5 Å². The summed E-state index contributed by atoms with van der Waals surface area (Å²) in [5, 5.41) is 10.9. The molecule has 2 N–H and O–H groups in total. The highest BCUT2D eigenvalue weighted by atomic mass is 16.1. The van der Waals surface area contributed by atoms with E-state index in [2.05, 4.69) is 15.7 Å². The van der Waals surface area contributed by atoms with Crippen LogP contribution in [0.2, 0.25) is 0 Å². The summed E-state index contributed by atoms with van der Waals surface area (Å²) in [6.45, 7) is 1.69. The zero-order valence-corrected chi connectivity index (χ0v) is 11.3. The predicted molar refractivity (Wildman–Crippen MR) is 72.6 cm³/mol. The van der Waals surface area contributed by atoms with Crippen LogP contribution >= 0.6 is 0 Å². The SMILES string of the molecule is O=C(CCn1cccn1)NC1CCNC2(CCC2)C1. The first-order valence-corrected chi connectivity index (χ1v) is 7.28. The van der Waals surface area contributed by atoms with Gasteiger partial charge in [0.15, 0.2) is 0 Å². The number of aromatic nitrogens is 2. The lowest BCUT2D eigenvalue weighted by Crippen LogP contribution is -2.59. The molecule has 5 heteroatoms. The highest BCUT2D eigenvalue weighted by Crippen LogP contribution is 2.38. The van der Waals surface area contributed by atoms with Crippen LogP contribution in [0.4, 0.5) is 0 Å². The van der Waals surface area contributed by atoms with Gasteiger partial charge in [0.1, 0.15) is 0 Å². The summed E-state index contributed by atoms with van der Waals surface area (Å²) in [5.74, 6) is 0.150. The predicted octanol–water partition coefficient (Wildman–Crippen LogP) is 1.06. The van der Waals surface area contributed by atoms with Crippen LogP contribution < -0.4 is 10.6 Å². The third-order valence-electron chi connectivity index (χ3n) is 4.43. The third kappa shape index (κ3) is 2.97. The van der Waals surface area contributed by atoms with Crippen LogP contribution in [0.3, 0.4) is 0 Å². The van der Waals surface area contributed by atoms with Gasteiger partial charge >= 0.3 is 0 Å². The number of amides is 1. The Bertz CT molecular complexity index is 425. The molecule has 1 spiro atoms. The van der Waals surface area contributed by atoms with Crippen LogP contribution in [0.25, 0.3) is 0 Å². The van der Waals surface area contributed by atoms with Crippen LogP contribution in [0.1, 0.15) is 38.5 Å². The quantitative estimate of drug-likeness (QED) is 0.853. The van der Waals surface area contributed by atoms with Gasteiger partial charge in [-0.1, -0.05) is 0 Å². The van der Waals surface area contributed by atoms with Crippen LogP contribution in [-0.4, -0.2) is 33.8 Å². The van der Waals surface area contributed by atoms with Gasteiger partial charge in [-0.05, 0) is 44.7 Å². The van der Waals surface area contributed by atoms with Crippen molar-refractivity contribution in [1.82, 2.24) is 20.4 Å². The summed E-state index contributed by atoms with van der Waals surface area (Å²) in [6.07, 6.45) is 10.2. The number of rotatable bonds is 4. The van der Waals surface area contributed by atoms with E-state index in [1.165, 1.54) is 19.3 Å². The van der Waals surface area contributed by atoms with Gasteiger partial charge in [-0.15, -0.1) is 0 Å². The third-order valence-corrected chi connectivity index (χ3v) is 4.43. The monoisotopic (exact) mass is 262 g/mol. The Morgan fingerprint density at radius 1 is 1.53 bits per heavy atom. The van der Waals surface area contributed by atoms with Crippen LogP contribution in [-0.2, 0) is 11.3 Å². The molecule has 1 amide bonds. The Hall–Kier alpha value is -1.36. The Labute approximate surface area is 113 Å². The maximum absolute atomic E-state index is 12.0. The van der Waals surface area contributed by atoms with Crippen molar-refractivity contribution >= 4 is 5.91 Å². The minimum absolute atomic E-state index is 0.150. The van der Waals surface area contributed by atoms with Gasteiger partial charge in [-0.3, -0.25) is 9.48 Å². The highest BCUT2D eigenvalue weighted by Gasteiger charge is 2.41. The second kappa shape index (κ2) is 5.33. The summed E-state index contributed by atoms with van der Waals surface area (Å²) >= 11 is 0. The van der Waals surface area contributed by atoms with Crippen molar-refractivity contribution in [3.05, 3.63) is 18.5 Å². The lowest BCUT2D eigenvalue weighted by Gasteiger charge is -2.48. The Kier molecular flexibility index (Phi) is 3.55. The number of nitrogens with one attached hydrogen (secondary N) is 2. The molecule has 1 aliphatic carbocycles. The van der Waals surface area contributed by atoms with Gasteiger partial charge in [-0.25, -0.2) is 0 Å². The first-order valence-electron chi connectivity index (χ1n) is 7.28. The molecule has 1 aromatic rings. The van der Waals surface area contributed by atoms with E-state index in [4.69, 9.17) is 0 Å². The normalized spacial score (nSPS) is 24.9. The molecule has 1 unspecified atom stereocenters. The Balaban J connectivity index is 1.44. The summed E-state index contributed by atoms with van der Waals surface area (Å²) in [6, 6.07) is 2.23. The van der Waals surface area contributed by atoms with Crippen molar-refractivity contribution < 1.29 is 4.79 Å². The molecular weight excluding hydrogens is 240 g/mol. The minimum atomic E-state index is 0.150. The summed E-state index contributed by atoms with van der Waals surface area (Å²) in [4.78, 5) is 12.0. The number of carbonyl (C=O) groups is 1. The Morgan fingerprint density at radius 3 is 3.11 bits per heavy atom. The molecule has 1 aliphatic heterocycles. The fourth-order valence-electron chi connectivity index (χ4n) is 3.21. The molecular formula is C14H22N4O. The molecule has 1 saturated carbocycles. The molecule has 3 rings (SSSR count). The van der Waals surface area contributed by atoms with E-state index >= 15 is 0 Å². The molecule has 2 aliphatic rings. The van der Waals surface area contributed by atoms with Gasteiger partial charge in [0, 0.05) is 36.9 Å². The topological polar surface area (TPSA) is 59.0 Å². The second-order valence-electron chi connectivity index (χ2n) is 5.84. The summed E-state index contributed by atoms with van der Waals surface area (Å²) < 4.78 is 1.80. The number of nitrogens with zero attached hydrogens (tertiary/aromatic N) is 2. The molecule has 19 heavy (non-hydrogen) atoms. The smallest absolute Gasteiger partial charge is 0.222 e. The van der Waals surface area contributed by atoms with E-state index in [0.717, 1.165) is 19.4 Å². The second-order valence-corrected chi connectivity index (χ2v) is 5.84. The molecule has 1 aromatic heterocycles. The lowest BCUT2D eigenvalue weighted by molar-refractivity contribution is -0.122. The van der Waals surface area contributed by atoms with Gasteiger partial charge in [0.2, 0.25) is 5.91 Å². The first kappa shape index (κ1) is 12.7. The van der Waals surface area contributed by atoms with E-state index in [9.17, 15) is 4.79 Å². The average Bonchev–Trinajstić information content (AvgIpc) is 2.88. The van der Waals surface area contributed by atoms with E-state index in [1.807, 2.05) is 12.3 Å². The maximum atomic E-state index is 12.0. The molecule has 0 bridgehead atoms. The Morgan fingerprint density at radius 2 is 2.42 bits per heavy atom. The van der Waals surface area contributed by atoms with E-state index in [1.54, 1.807) is 10.9 Å². The minimum Gasteiger partial charge on any atom is -0.353 e. The fraction of sp³-hybridized carbons (Fsp3) is 0.714. The summed E-state index contributed by atoms with van der Waals surface area (Å²) in [7, 11) is 0. The number of piperidine rings is 1. The number of hydrogen-bond donors (Lipinski definition) is 2. The largest absolute Gasteiger partial charge is 0.353 e. The van der Waals surface area contributed by atoms with Gasteiger partial charge in [0.05, 0.1) is 0 Å². The lowest BCUT2D eigenvalue weighted by atomic mass is 9.70. The van der Waals surface area contributed by atoms with Gasteiger partial charge in [-0.2, -0.15) is 5.10 Å². The first-order chi connectivity index (χ1) is 9.26. The van der Waals surface area contributed by atoms with Crippen molar-refractivity contribution in [3.8, 4) is 0 Å². The number of hydrogen-bond acceptors (Lipinski definition) is 3. The molecule has 2 heterocycles. The molecule has 5 nitrogen and oxygen atoms in total. The van der Waals surface area contributed by atoms with Crippen molar-refractivity contribution in [1.29, 1.82) is 0 Å². The van der Waals surface area contributed by atoms with Crippen molar-refractivity contribution in [3.63, 3.8) is 0 Å². The maximum Gasteiger partial charge on any atom is 0.222 e. The molecule has 0 aromatic carbocycles. The fourth-order valence-corrected chi connectivity index (χ4v) is 3.21. The van der Waals surface area contributed by atoms with Gasteiger partial charge in [0.25, 0.3) is 0 Å². The zero-order chi connectivity index (χ0) is 13.1. The van der Waals surface area contributed by atoms with Crippen LogP contribution in [0.15, 0.2) is 18.5 Å². The van der Waals surface area contributed by atoms with Crippen LogP contribution in [0, 0.1) is 0 Å². The van der Waals surface area contributed by atoms with Crippen molar-refractivity contribution in [2.24, 2.45) is 0 Å². The standard InChI is InChI=1S/C14H22N4O/c19-13(4-10-18-9-2-7-16-18)17-12-3-8-15-14(11-12)5-1-6-14/h2,7,9,12,15H,1,3-6,8,10-11H2,(H,17,19). The van der Waals surface area contributed by atoms with Crippen molar-refractivity contribution in [2.45, 2.75) is 56.7 Å². The average molecular weight is 262 g/mol. The molecule has 104 valence electrons. The highest BCUT2D eigenvalue weighted by molar-refractivity contribution is 5.76. The van der Waals surface area contributed by atoms with Crippen molar-refractivity contribution in [2.75, 3.05) is 6.54 Å². The molecule has 2 fully saturated rings. The van der Waals surface area contributed by atoms with E-state index in [-0.39, 0.29) is 5.91 Å². The number of aryl methyl sites for hydroxylation is 1. The molecule has 1 saturated heterocycles. The van der Waals surface area contributed by atoms with Gasteiger partial charge < -0.3 is 10.6 Å². The van der Waals surface area contributed by atoms with Crippen LogP contribution in [0.5, 0.6) is 0 Å².